The number of para-hydroxylation sites is 1. The molecule has 21 nitrogen and oxygen atoms in total. The van der Waals surface area contributed by atoms with E-state index in [-0.39, 0.29) is 25.1 Å². The first-order valence-corrected chi connectivity index (χ1v) is 21.3. The highest BCUT2D eigenvalue weighted by atomic mass is 16.4. The molecular formula is C44H59N9O12. The molecule has 1 aliphatic rings. The van der Waals surface area contributed by atoms with Gasteiger partial charge in [0, 0.05) is 42.9 Å². The van der Waals surface area contributed by atoms with Gasteiger partial charge in [-0.15, -0.1) is 0 Å². The van der Waals surface area contributed by atoms with E-state index in [4.69, 9.17) is 11.5 Å². The molecule has 21 heteroatoms. The number of benzene rings is 2. The second-order valence-corrected chi connectivity index (χ2v) is 16.9. The van der Waals surface area contributed by atoms with Gasteiger partial charge in [-0.25, -0.2) is 0 Å². The Bertz CT molecular complexity index is 2240. The number of hydrogen-bond acceptors (Lipinski definition) is 11. The van der Waals surface area contributed by atoms with E-state index < -0.39 is 120 Å². The van der Waals surface area contributed by atoms with Crippen molar-refractivity contribution in [2.24, 2.45) is 17.4 Å². The monoisotopic (exact) mass is 905 g/mol. The quantitative estimate of drug-likeness (QED) is 0.0582. The third-order valence-electron chi connectivity index (χ3n) is 11.2. The highest BCUT2D eigenvalue weighted by molar-refractivity contribution is 5.99. The van der Waals surface area contributed by atoms with Crippen molar-refractivity contribution in [2.45, 2.75) is 121 Å². The predicted octanol–water partition coefficient (Wildman–Crippen LogP) is -0.318. The number of carbonyl (C=O) groups excluding carboxylic acids is 7. The molecule has 2 heterocycles. The molecule has 4 rings (SSSR count). The first-order chi connectivity index (χ1) is 30.6. The van der Waals surface area contributed by atoms with Crippen molar-refractivity contribution in [3.63, 3.8) is 0 Å². The van der Waals surface area contributed by atoms with E-state index in [0.29, 0.717) is 41.3 Å². The lowest BCUT2D eigenvalue weighted by atomic mass is 9.96. The first-order valence-electron chi connectivity index (χ1n) is 21.3. The van der Waals surface area contributed by atoms with E-state index in [1.807, 2.05) is 0 Å². The van der Waals surface area contributed by atoms with Crippen molar-refractivity contribution < 1.29 is 58.5 Å². The minimum Gasteiger partial charge on any atom is -0.508 e. The standard InChI is InChI=1S/C44H59N9O12/c1-5-23(2)36(41(63)50-32(19-24-12-14-26(54)15-13-24)42(64)53-18-8-11-33(53)37(45)59)52-38(60)29(16-17-34(55)56)48-39(61)30(20-25-22-47-28-10-7-6-9-27(25)28)49-40(62)31(21-35(57)58)51-43(65)44(3,4)46/h6-7,9-10,12-15,22-23,29-33,36,47,54H,5,8,11,16-21,46H2,1-4H3,(H2,45,59)(H,48,61)(H,49,62)(H,50,63)(H,51,65)(H,52,60)(H,55,56)(H,57,58)/t23-,29-,30-,31-,32-,33-,36-/m0/s1. The van der Waals surface area contributed by atoms with E-state index in [2.05, 4.69) is 31.6 Å². The van der Waals surface area contributed by atoms with Crippen LogP contribution in [-0.4, -0.2) is 127 Å². The van der Waals surface area contributed by atoms with Crippen molar-refractivity contribution in [2.75, 3.05) is 6.54 Å². The maximum atomic E-state index is 14.3. The Hall–Kier alpha value is -7.03. The molecule has 352 valence electrons. The van der Waals surface area contributed by atoms with E-state index in [1.54, 1.807) is 56.4 Å². The smallest absolute Gasteiger partial charge is 0.305 e. The summed E-state index contributed by atoms with van der Waals surface area (Å²) in [6.45, 7) is 6.28. The maximum Gasteiger partial charge on any atom is 0.305 e. The predicted molar refractivity (Wildman–Crippen MR) is 234 cm³/mol. The first kappa shape index (κ1) is 50.6. The fraction of sp³-hybridized carbons (Fsp3) is 0.477. The summed E-state index contributed by atoms with van der Waals surface area (Å²) in [7, 11) is 0. The number of nitrogens with zero attached hydrogens (tertiary/aromatic N) is 1. The Labute approximate surface area is 374 Å². The topological polar surface area (TPSA) is 346 Å². The van der Waals surface area contributed by atoms with Crippen molar-refractivity contribution >= 4 is 64.2 Å². The SMILES string of the molecule is CC[C@H](C)[C@H](NC(=O)[C@H](CCC(=O)O)NC(=O)[C@H](Cc1c[nH]c2ccccc12)NC(=O)[C@H](CC(=O)O)NC(=O)C(C)(C)N)C(=O)N[C@@H](Cc1ccc(O)cc1)C(=O)N1CCC[C@H]1C(N)=O. The lowest BCUT2D eigenvalue weighted by molar-refractivity contribution is -0.142. The largest absolute Gasteiger partial charge is 0.508 e. The van der Waals surface area contributed by atoms with E-state index in [9.17, 15) is 58.5 Å². The summed E-state index contributed by atoms with van der Waals surface area (Å²) in [5, 5.41) is 42.4. The molecule has 7 atom stereocenters. The molecule has 1 aromatic heterocycles. The molecule has 1 saturated heterocycles. The molecule has 0 spiro atoms. The number of phenolic OH excluding ortho intramolecular Hbond substituents is 1. The second-order valence-electron chi connectivity index (χ2n) is 16.9. The number of primary amides is 1. The zero-order chi connectivity index (χ0) is 48.2. The Balaban J connectivity index is 1.64. The van der Waals surface area contributed by atoms with Gasteiger partial charge in [-0.05, 0) is 68.4 Å². The number of amides is 7. The number of aromatic amines is 1. The number of likely N-dealkylation sites (tertiary alicyclic amines) is 1. The molecule has 7 amide bonds. The lowest BCUT2D eigenvalue weighted by Gasteiger charge is -2.31. The van der Waals surface area contributed by atoms with Gasteiger partial charge in [0.15, 0.2) is 0 Å². The molecule has 0 unspecified atom stereocenters. The summed E-state index contributed by atoms with van der Waals surface area (Å²) in [5.74, 6) is -9.43. The third-order valence-corrected chi connectivity index (χ3v) is 11.2. The molecule has 3 aromatic rings. The van der Waals surface area contributed by atoms with Crippen LogP contribution >= 0.6 is 0 Å². The van der Waals surface area contributed by atoms with Crippen LogP contribution < -0.4 is 38.1 Å². The number of aromatic hydroxyl groups is 1. The van der Waals surface area contributed by atoms with Crippen molar-refractivity contribution in [3.05, 3.63) is 65.9 Å². The summed E-state index contributed by atoms with van der Waals surface area (Å²) in [5.41, 5.74) is 11.7. The van der Waals surface area contributed by atoms with Gasteiger partial charge in [-0.1, -0.05) is 50.6 Å². The van der Waals surface area contributed by atoms with E-state index in [0.717, 1.165) is 0 Å². The Morgan fingerprint density at radius 1 is 0.800 bits per heavy atom. The fourth-order valence-corrected chi connectivity index (χ4v) is 7.35. The molecule has 65 heavy (non-hydrogen) atoms. The molecule has 0 saturated carbocycles. The second kappa shape index (κ2) is 22.5. The number of fused-ring (bicyclic) bond motifs is 1. The summed E-state index contributed by atoms with van der Waals surface area (Å²) in [4.78, 5) is 123. The minimum atomic E-state index is -1.70. The highest BCUT2D eigenvalue weighted by Gasteiger charge is 2.39. The summed E-state index contributed by atoms with van der Waals surface area (Å²) in [6, 6.07) is 4.55. The molecular weight excluding hydrogens is 847 g/mol. The molecule has 0 bridgehead atoms. The van der Waals surface area contributed by atoms with Crippen LogP contribution in [0.3, 0.4) is 0 Å². The number of aromatic nitrogens is 1. The Kier molecular flexibility index (Phi) is 17.6. The van der Waals surface area contributed by atoms with Crippen LogP contribution in [0.15, 0.2) is 54.7 Å². The van der Waals surface area contributed by atoms with Gasteiger partial charge >= 0.3 is 11.9 Å². The van der Waals surface area contributed by atoms with Crippen molar-refractivity contribution in [1.82, 2.24) is 36.5 Å². The number of carbonyl (C=O) groups is 9. The van der Waals surface area contributed by atoms with Gasteiger partial charge in [0.05, 0.1) is 12.0 Å². The lowest BCUT2D eigenvalue weighted by Crippen LogP contribution is -2.61. The van der Waals surface area contributed by atoms with Gasteiger partial charge in [-0.2, -0.15) is 0 Å². The minimum absolute atomic E-state index is 0.0349. The summed E-state index contributed by atoms with van der Waals surface area (Å²) < 4.78 is 0. The average Bonchev–Trinajstić information content (AvgIpc) is 3.91. The average molecular weight is 906 g/mol. The number of carboxylic acid groups (broad SMARTS) is 2. The van der Waals surface area contributed by atoms with E-state index >= 15 is 0 Å². The number of hydrogen-bond donors (Lipinski definition) is 11. The molecule has 13 N–H and O–H groups in total. The number of carboxylic acids is 2. The van der Waals surface area contributed by atoms with Gasteiger partial charge in [-0.3, -0.25) is 43.2 Å². The third kappa shape index (κ3) is 14.2. The normalized spacial score (nSPS) is 16.5. The number of nitrogens with two attached hydrogens (primary N) is 2. The van der Waals surface area contributed by atoms with E-state index in [1.165, 1.54) is 30.9 Å². The number of nitrogens with one attached hydrogen (secondary N) is 6. The highest BCUT2D eigenvalue weighted by Crippen LogP contribution is 2.22. The maximum absolute atomic E-state index is 14.3. The molecule has 1 aliphatic heterocycles. The van der Waals surface area contributed by atoms with Gasteiger partial charge in [0.1, 0.15) is 42.0 Å². The molecule has 2 aromatic carbocycles. The van der Waals surface area contributed by atoms with Gasteiger partial charge in [0.2, 0.25) is 41.4 Å². The Morgan fingerprint density at radius 2 is 1.42 bits per heavy atom. The Morgan fingerprint density at radius 3 is 2.03 bits per heavy atom. The number of rotatable bonds is 23. The van der Waals surface area contributed by atoms with Crippen LogP contribution in [0.4, 0.5) is 0 Å². The van der Waals surface area contributed by atoms with Crippen LogP contribution in [0.5, 0.6) is 5.75 Å². The van der Waals surface area contributed by atoms with Crippen molar-refractivity contribution in [3.8, 4) is 5.75 Å². The number of aliphatic carboxylic acids is 2. The van der Waals surface area contributed by atoms with Crippen LogP contribution in [0.25, 0.3) is 10.9 Å². The molecule has 0 aliphatic carbocycles. The van der Waals surface area contributed by atoms with Crippen LogP contribution in [-0.2, 0) is 56.0 Å². The molecule has 0 radical (unpaired) electrons. The zero-order valence-electron chi connectivity index (χ0n) is 36.7. The van der Waals surface area contributed by atoms with Crippen molar-refractivity contribution in [1.29, 1.82) is 0 Å². The zero-order valence-corrected chi connectivity index (χ0v) is 36.7. The van der Waals surface area contributed by atoms with Gasteiger partial charge in [0.25, 0.3) is 0 Å². The van der Waals surface area contributed by atoms with Crippen LogP contribution in [0.1, 0.15) is 77.3 Å². The number of H-pyrrole nitrogens is 1. The van der Waals surface area contributed by atoms with Crippen LogP contribution in [0.2, 0.25) is 0 Å². The summed E-state index contributed by atoms with van der Waals surface area (Å²) >= 11 is 0. The molecule has 1 fully saturated rings. The van der Waals surface area contributed by atoms with Gasteiger partial charge < -0.3 is 63.3 Å². The fourth-order valence-electron chi connectivity index (χ4n) is 7.35. The number of phenols is 1. The van der Waals surface area contributed by atoms with Crippen LogP contribution in [0, 0.1) is 5.92 Å². The summed E-state index contributed by atoms with van der Waals surface area (Å²) in [6.07, 6.45) is 0.438.